The van der Waals surface area contributed by atoms with E-state index in [0.717, 1.165) is 56.9 Å². The molecule has 0 aliphatic carbocycles. The summed E-state index contributed by atoms with van der Waals surface area (Å²) >= 11 is 1.61. The Bertz CT molecular complexity index is 649. The molecule has 4 rings (SSSR count). The molecule has 0 N–H and O–H groups in total. The summed E-state index contributed by atoms with van der Waals surface area (Å²) in [5.41, 5.74) is 1.46. The van der Waals surface area contributed by atoms with Gasteiger partial charge < -0.3 is 14.4 Å². The Kier molecular flexibility index (Phi) is 4.50. The van der Waals surface area contributed by atoms with Crippen LogP contribution in [0.15, 0.2) is 23.8 Å². The molecule has 1 aromatic heterocycles. The van der Waals surface area contributed by atoms with Gasteiger partial charge in [-0.25, -0.2) is 0 Å². The van der Waals surface area contributed by atoms with Gasteiger partial charge in [-0.3, -0.25) is 4.79 Å². The highest BCUT2D eigenvalue weighted by atomic mass is 32.1. The van der Waals surface area contributed by atoms with Crippen LogP contribution in [0.5, 0.6) is 0 Å². The summed E-state index contributed by atoms with van der Waals surface area (Å²) < 4.78 is 11.4. The highest BCUT2D eigenvalue weighted by Crippen LogP contribution is 2.48. The van der Waals surface area contributed by atoms with Crippen LogP contribution in [0, 0.1) is 12.3 Å². The van der Waals surface area contributed by atoms with E-state index in [9.17, 15) is 4.79 Å². The minimum Gasteiger partial charge on any atom is -0.380 e. The first kappa shape index (κ1) is 16.3. The average molecular weight is 347 g/mol. The first-order valence-corrected chi connectivity index (χ1v) is 9.75. The van der Waals surface area contributed by atoms with Crippen molar-refractivity contribution < 1.29 is 14.3 Å². The SMILES string of the molecule is Cc1ccc(C(=O)N2CCC[C@@]3(C4=CCOCC4)COCC[C@H]23)s1. The van der Waals surface area contributed by atoms with Crippen LogP contribution in [0.1, 0.15) is 40.2 Å². The lowest BCUT2D eigenvalue weighted by molar-refractivity contribution is -0.0738. The van der Waals surface area contributed by atoms with Gasteiger partial charge >= 0.3 is 0 Å². The van der Waals surface area contributed by atoms with E-state index in [1.165, 1.54) is 10.5 Å². The number of rotatable bonds is 2. The summed E-state index contributed by atoms with van der Waals surface area (Å²) in [6, 6.07) is 4.28. The van der Waals surface area contributed by atoms with E-state index < -0.39 is 0 Å². The largest absolute Gasteiger partial charge is 0.380 e. The molecule has 3 aliphatic rings. The quantitative estimate of drug-likeness (QED) is 0.770. The number of nitrogens with zero attached hydrogens (tertiary/aromatic N) is 1. The molecule has 5 heteroatoms. The van der Waals surface area contributed by atoms with Gasteiger partial charge in [0.05, 0.1) is 24.7 Å². The van der Waals surface area contributed by atoms with Gasteiger partial charge in [-0.05, 0) is 44.7 Å². The molecule has 4 heterocycles. The van der Waals surface area contributed by atoms with Crippen LogP contribution < -0.4 is 0 Å². The van der Waals surface area contributed by atoms with Gasteiger partial charge in [0.1, 0.15) is 0 Å². The zero-order chi connectivity index (χ0) is 16.6. The van der Waals surface area contributed by atoms with Crippen LogP contribution in [-0.2, 0) is 9.47 Å². The number of thiophene rings is 1. The van der Waals surface area contributed by atoms with Crippen LogP contribution >= 0.6 is 11.3 Å². The number of hydrogen-bond donors (Lipinski definition) is 0. The number of ether oxygens (including phenoxy) is 2. The molecule has 0 spiro atoms. The summed E-state index contributed by atoms with van der Waals surface area (Å²) in [4.78, 5) is 17.4. The summed E-state index contributed by atoms with van der Waals surface area (Å²) in [7, 11) is 0. The number of aryl methyl sites for hydroxylation is 1. The number of likely N-dealkylation sites (tertiary alicyclic amines) is 1. The van der Waals surface area contributed by atoms with Gasteiger partial charge in [-0.2, -0.15) is 0 Å². The molecule has 130 valence electrons. The second-order valence-corrected chi connectivity index (χ2v) is 8.37. The molecule has 1 amide bonds. The number of piperidine rings is 1. The molecule has 2 fully saturated rings. The average Bonchev–Trinajstić information content (AvgIpc) is 3.07. The fourth-order valence-electron chi connectivity index (χ4n) is 4.62. The zero-order valence-corrected chi connectivity index (χ0v) is 15.1. The van der Waals surface area contributed by atoms with Crippen LogP contribution in [0.3, 0.4) is 0 Å². The molecule has 24 heavy (non-hydrogen) atoms. The standard InChI is InChI=1S/C19H25NO3S/c1-14-3-4-16(24-14)18(21)20-9-2-8-19(13-23-12-7-17(19)20)15-5-10-22-11-6-15/h3-5,17H,2,6-13H2,1H3/t17-,19-/m0/s1. The van der Waals surface area contributed by atoms with E-state index in [1.54, 1.807) is 11.3 Å². The molecule has 0 radical (unpaired) electrons. The number of hydrogen-bond acceptors (Lipinski definition) is 4. The van der Waals surface area contributed by atoms with Crippen molar-refractivity contribution in [3.05, 3.63) is 33.5 Å². The monoisotopic (exact) mass is 347 g/mol. The Labute approximate surface area is 147 Å². The third-order valence-electron chi connectivity index (χ3n) is 5.75. The maximum Gasteiger partial charge on any atom is 0.264 e. The summed E-state index contributed by atoms with van der Waals surface area (Å²) in [5.74, 6) is 0.205. The van der Waals surface area contributed by atoms with Crippen molar-refractivity contribution in [2.75, 3.05) is 33.0 Å². The maximum atomic E-state index is 13.1. The number of carbonyl (C=O) groups excluding carboxylic acids is 1. The Morgan fingerprint density at radius 3 is 3.00 bits per heavy atom. The second-order valence-electron chi connectivity index (χ2n) is 7.08. The minimum atomic E-state index is 0.00223. The van der Waals surface area contributed by atoms with E-state index >= 15 is 0 Å². The van der Waals surface area contributed by atoms with E-state index in [2.05, 4.69) is 17.9 Å². The van der Waals surface area contributed by atoms with Crippen molar-refractivity contribution >= 4 is 17.2 Å². The van der Waals surface area contributed by atoms with Crippen LogP contribution in [-0.4, -0.2) is 49.8 Å². The van der Waals surface area contributed by atoms with Crippen LogP contribution in [0.2, 0.25) is 0 Å². The lowest BCUT2D eigenvalue weighted by atomic mass is 9.65. The number of carbonyl (C=O) groups is 1. The smallest absolute Gasteiger partial charge is 0.264 e. The van der Waals surface area contributed by atoms with Crippen molar-refractivity contribution in [2.45, 2.75) is 38.6 Å². The molecule has 0 aromatic carbocycles. The summed E-state index contributed by atoms with van der Waals surface area (Å²) in [6.07, 6.45) is 6.33. The molecular weight excluding hydrogens is 322 g/mol. The van der Waals surface area contributed by atoms with Gasteiger partial charge in [-0.1, -0.05) is 11.6 Å². The van der Waals surface area contributed by atoms with Crippen molar-refractivity contribution in [3.8, 4) is 0 Å². The molecule has 0 unspecified atom stereocenters. The molecular formula is C19H25NO3S. The minimum absolute atomic E-state index is 0.00223. The van der Waals surface area contributed by atoms with Crippen LogP contribution in [0.4, 0.5) is 0 Å². The van der Waals surface area contributed by atoms with Gasteiger partial charge in [-0.15, -0.1) is 11.3 Å². The predicted octanol–water partition coefficient (Wildman–Crippen LogP) is 3.41. The van der Waals surface area contributed by atoms with E-state index in [4.69, 9.17) is 9.47 Å². The van der Waals surface area contributed by atoms with Crippen molar-refractivity contribution in [3.63, 3.8) is 0 Å². The molecule has 2 saturated heterocycles. The zero-order valence-electron chi connectivity index (χ0n) is 14.3. The topological polar surface area (TPSA) is 38.8 Å². The molecule has 4 nitrogen and oxygen atoms in total. The first-order valence-electron chi connectivity index (χ1n) is 8.93. The lowest BCUT2D eigenvalue weighted by Gasteiger charge is -2.54. The van der Waals surface area contributed by atoms with E-state index in [1.807, 2.05) is 12.1 Å². The van der Waals surface area contributed by atoms with E-state index in [-0.39, 0.29) is 17.4 Å². The first-order chi connectivity index (χ1) is 11.7. The second kappa shape index (κ2) is 6.62. The van der Waals surface area contributed by atoms with Gasteiger partial charge in [0, 0.05) is 29.5 Å². The highest BCUT2D eigenvalue weighted by molar-refractivity contribution is 7.13. The Morgan fingerprint density at radius 2 is 2.25 bits per heavy atom. The van der Waals surface area contributed by atoms with Crippen molar-refractivity contribution in [1.82, 2.24) is 4.90 Å². The Balaban J connectivity index is 1.66. The highest BCUT2D eigenvalue weighted by Gasteiger charge is 2.50. The summed E-state index contributed by atoms with van der Waals surface area (Å²) in [5, 5.41) is 0. The van der Waals surface area contributed by atoms with Gasteiger partial charge in [0.25, 0.3) is 5.91 Å². The summed E-state index contributed by atoms with van der Waals surface area (Å²) in [6.45, 7) is 5.91. The fourth-order valence-corrected chi connectivity index (χ4v) is 5.44. The van der Waals surface area contributed by atoms with E-state index in [0.29, 0.717) is 6.61 Å². The third-order valence-corrected chi connectivity index (χ3v) is 6.73. The normalized spacial score (nSPS) is 30.6. The van der Waals surface area contributed by atoms with Gasteiger partial charge in [0.2, 0.25) is 0 Å². The number of amides is 1. The van der Waals surface area contributed by atoms with Crippen molar-refractivity contribution in [2.24, 2.45) is 5.41 Å². The molecule has 2 atom stereocenters. The molecule has 0 saturated carbocycles. The lowest BCUT2D eigenvalue weighted by Crippen LogP contribution is -2.59. The van der Waals surface area contributed by atoms with Crippen molar-refractivity contribution in [1.29, 1.82) is 0 Å². The predicted molar refractivity (Wildman–Crippen MR) is 94.5 cm³/mol. The number of fused-ring (bicyclic) bond motifs is 1. The molecule has 1 aromatic rings. The van der Waals surface area contributed by atoms with Gasteiger partial charge in [0.15, 0.2) is 0 Å². The fraction of sp³-hybridized carbons (Fsp3) is 0.632. The Morgan fingerprint density at radius 1 is 1.33 bits per heavy atom. The maximum absolute atomic E-state index is 13.1. The van der Waals surface area contributed by atoms with Crippen LogP contribution in [0.25, 0.3) is 0 Å². The molecule has 0 bridgehead atoms. The Hall–Kier alpha value is -1.17. The third kappa shape index (κ3) is 2.72. The molecule has 3 aliphatic heterocycles.